The zero-order valence-electron chi connectivity index (χ0n) is 19.2. The number of carbonyl (C=O) groups is 2. The number of amides is 2. The van der Waals surface area contributed by atoms with Crippen molar-refractivity contribution >= 4 is 54.8 Å². The average Bonchev–Trinajstić information content (AvgIpc) is 3.61. The molecule has 0 spiro atoms. The van der Waals surface area contributed by atoms with E-state index in [1.807, 2.05) is 59.9 Å². The zero-order chi connectivity index (χ0) is 24.8. The monoisotopic (exact) mass is 496 g/mol. The number of para-hydroxylation sites is 2. The summed E-state index contributed by atoms with van der Waals surface area (Å²) < 4.78 is 29.1. The zero-order valence-corrected chi connectivity index (χ0v) is 20.0. The van der Waals surface area contributed by atoms with Crippen molar-refractivity contribution in [3.8, 4) is 0 Å². The highest BCUT2D eigenvalue weighted by atomic mass is 32.2. The number of sulfonamides is 1. The van der Waals surface area contributed by atoms with Crippen LogP contribution in [0, 0.1) is 6.92 Å². The third-order valence-electron chi connectivity index (χ3n) is 6.97. The molecule has 2 amide bonds. The first kappa shape index (κ1) is 21.1. The highest BCUT2D eigenvalue weighted by molar-refractivity contribution is 7.90. The van der Waals surface area contributed by atoms with Gasteiger partial charge in [0.1, 0.15) is 10.7 Å². The van der Waals surface area contributed by atoms with E-state index in [0.29, 0.717) is 18.5 Å². The number of hydrogen-bond acceptors (Lipinski definition) is 5. The van der Waals surface area contributed by atoms with Crippen LogP contribution in [-0.2, 0) is 10.0 Å². The molecule has 3 aromatic carbocycles. The number of aromatic nitrogens is 2. The van der Waals surface area contributed by atoms with Gasteiger partial charge >= 0.3 is 0 Å². The van der Waals surface area contributed by atoms with E-state index in [0.717, 1.165) is 37.5 Å². The number of anilines is 1. The molecule has 1 aliphatic heterocycles. The minimum absolute atomic E-state index is 0.107. The third kappa shape index (κ3) is 2.80. The lowest BCUT2D eigenvalue weighted by Crippen LogP contribution is -2.31. The molecule has 9 heteroatoms. The van der Waals surface area contributed by atoms with Crippen LogP contribution in [-0.4, -0.2) is 40.0 Å². The predicted octanol–water partition coefficient (Wildman–Crippen LogP) is 4.51. The summed E-state index contributed by atoms with van der Waals surface area (Å²) in [5.74, 6) is -0.192. The van der Waals surface area contributed by atoms with Crippen LogP contribution in [0.5, 0.6) is 0 Å². The molecular weight excluding hydrogens is 476 g/mol. The normalized spacial score (nSPS) is 16.7. The van der Waals surface area contributed by atoms with Crippen LogP contribution in [0.15, 0.2) is 71.6 Å². The molecule has 2 aromatic heterocycles. The summed E-state index contributed by atoms with van der Waals surface area (Å²) in [6.07, 6.45) is 1.34. The van der Waals surface area contributed by atoms with Crippen molar-refractivity contribution in [2.75, 3.05) is 5.32 Å². The fourth-order valence-electron chi connectivity index (χ4n) is 5.20. The van der Waals surface area contributed by atoms with Crippen LogP contribution in [0.4, 0.5) is 5.69 Å². The van der Waals surface area contributed by atoms with Gasteiger partial charge in [0.15, 0.2) is 0 Å². The van der Waals surface area contributed by atoms with Gasteiger partial charge in [0.25, 0.3) is 21.8 Å². The summed E-state index contributed by atoms with van der Waals surface area (Å²) in [6.45, 7) is 1.92. The second-order valence-corrected chi connectivity index (χ2v) is 11.0. The minimum atomic E-state index is -3.96. The smallest absolute Gasteiger partial charge is 0.269 e. The van der Waals surface area contributed by atoms with Gasteiger partial charge in [0.05, 0.1) is 27.8 Å². The fraction of sp³-hybridized carbons (Fsp3) is 0.148. The highest BCUT2D eigenvalue weighted by Gasteiger charge is 2.48. The van der Waals surface area contributed by atoms with Gasteiger partial charge in [-0.3, -0.25) is 14.0 Å². The summed E-state index contributed by atoms with van der Waals surface area (Å²) in [5, 5.41) is 4.77. The van der Waals surface area contributed by atoms with Gasteiger partial charge in [-0.1, -0.05) is 36.4 Å². The van der Waals surface area contributed by atoms with Gasteiger partial charge in [0.2, 0.25) is 0 Å². The van der Waals surface area contributed by atoms with Gasteiger partial charge in [-0.2, -0.15) is 0 Å². The van der Waals surface area contributed by atoms with E-state index in [9.17, 15) is 18.0 Å². The van der Waals surface area contributed by atoms with Crippen LogP contribution in [0.25, 0.3) is 27.3 Å². The maximum Gasteiger partial charge on any atom is 0.269 e. The van der Waals surface area contributed by atoms with Gasteiger partial charge < -0.3 is 5.32 Å². The Morgan fingerprint density at radius 3 is 2.50 bits per heavy atom. The number of nitrogens with one attached hydrogen (secondary N) is 1. The number of aryl methyl sites for hydroxylation is 1. The van der Waals surface area contributed by atoms with E-state index in [1.165, 1.54) is 18.2 Å². The molecule has 0 unspecified atom stereocenters. The van der Waals surface area contributed by atoms with Crippen molar-refractivity contribution in [2.24, 2.45) is 0 Å². The van der Waals surface area contributed by atoms with Gasteiger partial charge in [-0.05, 0) is 50.1 Å². The first-order valence-electron chi connectivity index (χ1n) is 11.7. The topological polar surface area (TPSA) is 101 Å². The maximum atomic E-state index is 13.5. The Labute approximate surface area is 206 Å². The van der Waals surface area contributed by atoms with E-state index in [4.69, 9.17) is 4.98 Å². The molecule has 1 aliphatic carbocycles. The Morgan fingerprint density at radius 1 is 1.00 bits per heavy atom. The lowest BCUT2D eigenvalue weighted by atomic mass is 10.1. The van der Waals surface area contributed by atoms with E-state index < -0.39 is 21.8 Å². The Morgan fingerprint density at radius 2 is 1.72 bits per heavy atom. The molecule has 2 aliphatic rings. The average molecular weight is 497 g/mol. The first-order valence-corrected chi connectivity index (χ1v) is 13.1. The second kappa shape index (κ2) is 7.14. The Hall–Kier alpha value is -4.24. The summed E-state index contributed by atoms with van der Waals surface area (Å²) in [4.78, 5) is 30.9. The lowest BCUT2D eigenvalue weighted by molar-refractivity contribution is 0.0864. The van der Waals surface area contributed by atoms with E-state index in [-0.39, 0.29) is 22.1 Å². The first-order chi connectivity index (χ1) is 17.4. The summed E-state index contributed by atoms with van der Waals surface area (Å²) >= 11 is 0. The predicted molar refractivity (Wildman–Crippen MR) is 136 cm³/mol. The van der Waals surface area contributed by atoms with Crippen LogP contribution >= 0.6 is 0 Å². The van der Waals surface area contributed by atoms with Crippen LogP contribution in [0.2, 0.25) is 0 Å². The van der Waals surface area contributed by atoms with Gasteiger partial charge in [0, 0.05) is 22.4 Å². The Balaban J connectivity index is 1.38. The Kier molecular flexibility index (Phi) is 4.18. The maximum absolute atomic E-state index is 13.5. The number of fused-ring (bicyclic) bond motifs is 6. The van der Waals surface area contributed by atoms with Crippen molar-refractivity contribution in [3.63, 3.8) is 0 Å². The third-order valence-corrected chi connectivity index (χ3v) is 8.84. The fourth-order valence-corrected chi connectivity index (χ4v) is 7.04. The number of benzene rings is 3. The molecule has 1 N–H and O–H groups in total. The molecule has 1 fully saturated rings. The molecule has 0 radical (unpaired) electrons. The standard InChI is InChI=1S/C27H20N4O4S/c1-15-28-21-8-4-2-6-18(21)25-24(19-7-3-5-9-22(19)30(15)25)29-26(32)16-10-13-20-23(14-16)36(34,35)31(27(20)33)17-11-12-17/h2-10,13-14,17H,11-12H2,1H3,(H,29,32). The van der Waals surface area contributed by atoms with Crippen LogP contribution < -0.4 is 5.32 Å². The van der Waals surface area contributed by atoms with E-state index >= 15 is 0 Å². The van der Waals surface area contributed by atoms with Crippen molar-refractivity contribution in [3.05, 3.63) is 83.7 Å². The molecule has 8 nitrogen and oxygen atoms in total. The summed E-state index contributed by atoms with van der Waals surface area (Å²) in [7, 11) is -3.96. The number of rotatable bonds is 3. The molecule has 0 bridgehead atoms. The molecule has 5 aromatic rings. The quantitative estimate of drug-likeness (QED) is 0.396. The molecule has 0 atom stereocenters. The SMILES string of the molecule is Cc1nc2ccccc2c2c(NC(=O)c3ccc4c(c3)S(=O)(=O)N(C3CC3)C4=O)c3ccccc3n12. The molecule has 1 saturated carbocycles. The minimum Gasteiger partial charge on any atom is -0.320 e. The summed E-state index contributed by atoms with van der Waals surface area (Å²) in [6, 6.07) is 19.5. The van der Waals surface area contributed by atoms with Crippen molar-refractivity contribution in [1.82, 2.24) is 13.7 Å². The van der Waals surface area contributed by atoms with Crippen LogP contribution in [0.1, 0.15) is 39.4 Å². The van der Waals surface area contributed by atoms with Crippen LogP contribution in [0.3, 0.4) is 0 Å². The molecule has 3 heterocycles. The Bertz CT molecular complexity index is 1900. The number of hydrogen-bond donors (Lipinski definition) is 1. The molecule has 0 saturated heterocycles. The van der Waals surface area contributed by atoms with Gasteiger partial charge in [-0.25, -0.2) is 17.7 Å². The van der Waals surface area contributed by atoms with Gasteiger partial charge in [-0.15, -0.1) is 0 Å². The lowest BCUT2D eigenvalue weighted by Gasteiger charge is -2.13. The molecule has 36 heavy (non-hydrogen) atoms. The van der Waals surface area contributed by atoms with E-state index in [2.05, 4.69) is 5.32 Å². The number of carbonyl (C=O) groups excluding carboxylic acids is 2. The second-order valence-electron chi connectivity index (χ2n) is 9.25. The highest BCUT2D eigenvalue weighted by Crippen LogP contribution is 2.40. The number of nitrogens with zero attached hydrogens (tertiary/aromatic N) is 3. The largest absolute Gasteiger partial charge is 0.320 e. The van der Waals surface area contributed by atoms with E-state index in [1.54, 1.807) is 0 Å². The molecular formula is C27H20N4O4S. The summed E-state index contributed by atoms with van der Waals surface area (Å²) in [5.41, 5.74) is 3.43. The van der Waals surface area contributed by atoms with Crippen molar-refractivity contribution in [1.29, 1.82) is 0 Å². The van der Waals surface area contributed by atoms with Crippen molar-refractivity contribution < 1.29 is 18.0 Å². The van der Waals surface area contributed by atoms with Crippen molar-refractivity contribution in [2.45, 2.75) is 30.7 Å². The molecule has 178 valence electrons. The molecule has 7 rings (SSSR count).